The molecule has 2 aromatic carbocycles. The molecule has 21 heavy (non-hydrogen) atoms. The number of rotatable bonds is 6. The smallest absolute Gasteiger partial charge is 0.123 e. The monoisotopic (exact) mass is 285 g/mol. The maximum Gasteiger partial charge on any atom is 0.123 e. The summed E-state index contributed by atoms with van der Waals surface area (Å²) >= 11 is 0. The van der Waals surface area contributed by atoms with Crippen LogP contribution in [-0.4, -0.2) is 5.54 Å². The zero-order valence-electron chi connectivity index (χ0n) is 13.1. The molecule has 0 aromatic heterocycles. The molecule has 0 unspecified atom stereocenters. The number of nitrogens with one attached hydrogen (secondary N) is 1. The molecule has 0 aliphatic heterocycles. The maximum absolute atomic E-state index is 13.1. The van der Waals surface area contributed by atoms with Gasteiger partial charge < -0.3 is 5.32 Å². The van der Waals surface area contributed by atoms with E-state index in [9.17, 15) is 4.39 Å². The maximum atomic E-state index is 13.1. The van der Waals surface area contributed by atoms with Crippen molar-refractivity contribution in [2.45, 2.75) is 45.7 Å². The lowest BCUT2D eigenvalue weighted by molar-refractivity contribution is 0.360. The second-order valence-corrected chi connectivity index (χ2v) is 6.29. The third-order valence-electron chi connectivity index (χ3n) is 3.94. The van der Waals surface area contributed by atoms with Crippen LogP contribution < -0.4 is 5.32 Å². The molecule has 2 aromatic rings. The summed E-state index contributed by atoms with van der Waals surface area (Å²) in [6.07, 6.45) is 2.13. The van der Waals surface area contributed by atoms with Gasteiger partial charge in [0.15, 0.2) is 0 Å². The van der Waals surface area contributed by atoms with Crippen LogP contribution in [0.1, 0.15) is 37.0 Å². The molecular weight excluding hydrogens is 261 g/mol. The zero-order valence-corrected chi connectivity index (χ0v) is 13.1. The third kappa shape index (κ3) is 4.98. The van der Waals surface area contributed by atoms with Crippen LogP contribution in [0.15, 0.2) is 48.5 Å². The number of aryl methyl sites for hydroxylation is 2. The highest BCUT2D eigenvalue weighted by molar-refractivity contribution is 5.26. The largest absolute Gasteiger partial charge is 0.308 e. The van der Waals surface area contributed by atoms with Crippen molar-refractivity contribution < 1.29 is 4.39 Å². The molecule has 0 saturated carbocycles. The lowest BCUT2D eigenvalue weighted by Gasteiger charge is -2.27. The highest BCUT2D eigenvalue weighted by Crippen LogP contribution is 2.16. The molecule has 1 N–H and O–H groups in total. The summed E-state index contributed by atoms with van der Waals surface area (Å²) in [5, 5.41) is 3.58. The van der Waals surface area contributed by atoms with Gasteiger partial charge in [0.1, 0.15) is 5.82 Å². The molecule has 0 heterocycles. The van der Waals surface area contributed by atoms with E-state index in [4.69, 9.17) is 0 Å². The van der Waals surface area contributed by atoms with Gasteiger partial charge in [-0.15, -0.1) is 0 Å². The van der Waals surface area contributed by atoms with Crippen LogP contribution in [0.5, 0.6) is 0 Å². The zero-order chi connectivity index (χ0) is 15.3. The van der Waals surface area contributed by atoms with Crippen LogP contribution in [0.3, 0.4) is 0 Å². The van der Waals surface area contributed by atoms with Crippen molar-refractivity contribution in [1.82, 2.24) is 5.32 Å². The Hall–Kier alpha value is -1.67. The van der Waals surface area contributed by atoms with Crippen molar-refractivity contribution in [1.29, 1.82) is 0 Å². The molecule has 0 aliphatic rings. The molecule has 0 atom stereocenters. The van der Waals surface area contributed by atoms with E-state index in [1.54, 1.807) is 6.07 Å². The van der Waals surface area contributed by atoms with E-state index in [1.807, 2.05) is 19.1 Å². The van der Waals surface area contributed by atoms with Gasteiger partial charge in [0.25, 0.3) is 0 Å². The fraction of sp³-hybridized carbons (Fsp3) is 0.368. The molecule has 0 amide bonds. The summed E-state index contributed by atoms with van der Waals surface area (Å²) in [6, 6.07) is 15.5. The average molecular weight is 285 g/mol. The van der Waals surface area contributed by atoms with E-state index >= 15 is 0 Å². The Kier molecular flexibility index (Phi) is 5.13. The van der Waals surface area contributed by atoms with Gasteiger partial charge in [-0.1, -0.05) is 36.4 Å². The molecule has 1 nitrogen and oxygen atoms in total. The van der Waals surface area contributed by atoms with Crippen LogP contribution in [0, 0.1) is 12.7 Å². The number of benzene rings is 2. The second-order valence-electron chi connectivity index (χ2n) is 6.29. The van der Waals surface area contributed by atoms with Crippen LogP contribution in [0.4, 0.5) is 4.39 Å². The molecule has 112 valence electrons. The number of halogens is 1. The van der Waals surface area contributed by atoms with Gasteiger partial charge in [-0.05, 0) is 62.4 Å². The third-order valence-corrected chi connectivity index (χ3v) is 3.94. The highest BCUT2D eigenvalue weighted by Gasteiger charge is 2.17. The molecule has 0 spiro atoms. The van der Waals surface area contributed by atoms with Gasteiger partial charge in [0, 0.05) is 12.1 Å². The predicted octanol–water partition coefficient (Wildman–Crippen LogP) is 4.64. The van der Waals surface area contributed by atoms with Crippen LogP contribution in [0.2, 0.25) is 0 Å². The Morgan fingerprint density at radius 2 is 1.76 bits per heavy atom. The van der Waals surface area contributed by atoms with E-state index in [0.29, 0.717) is 0 Å². The molecule has 2 rings (SSSR count). The summed E-state index contributed by atoms with van der Waals surface area (Å²) in [7, 11) is 0. The Morgan fingerprint density at radius 1 is 1.05 bits per heavy atom. The fourth-order valence-electron chi connectivity index (χ4n) is 2.38. The molecule has 2 heteroatoms. The lowest BCUT2D eigenvalue weighted by atomic mass is 9.94. The molecule has 0 radical (unpaired) electrons. The summed E-state index contributed by atoms with van der Waals surface area (Å²) < 4.78 is 13.1. The minimum absolute atomic E-state index is 0.0522. The number of hydrogen-bond acceptors (Lipinski definition) is 1. The van der Waals surface area contributed by atoms with Crippen molar-refractivity contribution in [2.75, 3.05) is 0 Å². The standard InChI is InChI=1S/C19H24FN/c1-15-13-18(20)10-9-17(15)14-21-19(2,3)12-11-16-7-5-4-6-8-16/h4-10,13,21H,11-12,14H2,1-3H3. The van der Waals surface area contributed by atoms with E-state index in [-0.39, 0.29) is 11.4 Å². The first-order valence-electron chi connectivity index (χ1n) is 7.50. The predicted molar refractivity (Wildman–Crippen MR) is 86.8 cm³/mol. The Balaban J connectivity index is 1.88. The number of hydrogen-bond donors (Lipinski definition) is 1. The topological polar surface area (TPSA) is 12.0 Å². The minimum atomic E-state index is -0.167. The van der Waals surface area contributed by atoms with Gasteiger partial charge in [-0.2, -0.15) is 0 Å². The summed E-state index contributed by atoms with van der Waals surface area (Å²) in [5.74, 6) is -0.167. The lowest BCUT2D eigenvalue weighted by Crippen LogP contribution is -2.39. The minimum Gasteiger partial charge on any atom is -0.308 e. The molecule has 0 bridgehead atoms. The Bertz CT molecular complexity index is 575. The van der Waals surface area contributed by atoms with Gasteiger partial charge >= 0.3 is 0 Å². The van der Waals surface area contributed by atoms with Crippen molar-refractivity contribution in [3.63, 3.8) is 0 Å². The SMILES string of the molecule is Cc1cc(F)ccc1CNC(C)(C)CCc1ccccc1. The van der Waals surface area contributed by atoms with E-state index < -0.39 is 0 Å². The van der Waals surface area contributed by atoms with Gasteiger partial charge in [0.2, 0.25) is 0 Å². The first kappa shape index (κ1) is 15.7. The summed E-state index contributed by atoms with van der Waals surface area (Å²) in [4.78, 5) is 0. The van der Waals surface area contributed by atoms with E-state index in [2.05, 4.69) is 43.4 Å². The summed E-state index contributed by atoms with van der Waals surface area (Å²) in [5.41, 5.74) is 3.58. The normalized spacial score (nSPS) is 11.6. The van der Waals surface area contributed by atoms with Crippen LogP contribution in [0.25, 0.3) is 0 Å². The van der Waals surface area contributed by atoms with Gasteiger partial charge in [-0.25, -0.2) is 4.39 Å². The molecule has 0 aliphatic carbocycles. The van der Waals surface area contributed by atoms with E-state index in [0.717, 1.165) is 30.5 Å². The quantitative estimate of drug-likeness (QED) is 0.815. The molecular formula is C19H24FN. The van der Waals surface area contributed by atoms with Crippen molar-refractivity contribution >= 4 is 0 Å². The van der Waals surface area contributed by atoms with Gasteiger partial charge in [0.05, 0.1) is 0 Å². The van der Waals surface area contributed by atoms with Crippen molar-refractivity contribution in [2.24, 2.45) is 0 Å². The van der Waals surface area contributed by atoms with Crippen molar-refractivity contribution in [3.05, 3.63) is 71.0 Å². The Labute approximate surface area is 127 Å². The van der Waals surface area contributed by atoms with Crippen molar-refractivity contribution in [3.8, 4) is 0 Å². The fourth-order valence-corrected chi connectivity index (χ4v) is 2.38. The van der Waals surface area contributed by atoms with Gasteiger partial charge in [-0.3, -0.25) is 0 Å². The Morgan fingerprint density at radius 3 is 2.43 bits per heavy atom. The summed E-state index contributed by atoms with van der Waals surface area (Å²) in [6.45, 7) is 7.16. The molecule has 0 saturated heterocycles. The first-order chi connectivity index (χ1) is 9.96. The average Bonchev–Trinajstić information content (AvgIpc) is 2.45. The van der Waals surface area contributed by atoms with Crippen LogP contribution >= 0.6 is 0 Å². The van der Waals surface area contributed by atoms with Crippen LogP contribution in [-0.2, 0) is 13.0 Å². The van der Waals surface area contributed by atoms with E-state index in [1.165, 1.54) is 11.6 Å². The second kappa shape index (κ2) is 6.86. The molecule has 0 fully saturated rings. The highest BCUT2D eigenvalue weighted by atomic mass is 19.1. The first-order valence-corrected chi connectivity index (χ1v) is 7.50.